The summed E-state index contributed by atoms with van der Waals surface area (Å²) in [6.45, 7) is 2.47. The Morgan fingerprint density at radius 1 is 1.58 bits per heavy atom. The second kappa shape index (κ2) is 2.57. The van der Waals surface area contributed by atoms with E-state index in [1.54, 1.807) is 6.20 Å². The van der Waals surface area contributed by atoms with Crippen LogP contribution >= 0.6 is 0 Å². The van der Waals surface area contributed by atoms with E-state index in [9.17, 15) is 0 Å². The molecule has 12 heavy (non-hydrogen) atoms. The van der Waals surface area contributed by atoms with Crippen LogP contribution in [0.25, 0.3) is 11.0 Å². The molecule has 2 aromatic rings. The van der Waals surface area contributed by atoms with Gasteiger partial charge in [0.15, 0.2) is 5.65 Å². The van der Waals surface area contributed by atoms with Crippen molar-refractivity contribution < 1.29 is 0 Å². The molecule has 0 atom stereocenters. The first-order valence-electron chi connectivity index (χ1n) is 3.81. The maximum absolute atomic E-state index is 5.49. The molecule has 4 heteroatoms. The minimum Gasteiger partial charge on any atom is -0.326 e. The second-order valence-electron chi connectivity index (χ2n) is 2.75. The zero-order valence-electron chi connectivity index (χ0n) is 6.83. The van der Waals surface area contributed by atoms with E-state index in [-0.39, 0.29) is 0 Å². The molecule has 2 rings (SSSR count). The molecule has 0 bridgehead atoms. The fourth-order valence-corrected chi connectivity index (χ4v) is 1.18. The Labute approximate surface area is 69.8 Å². The van der Waals surface area contributed by atoms with Crippen LogP contribution in [0.1, 0.15) is 11.3 Å². The SMILES string of the molecule is Cc1n[nH]c2ncc(CN)cc12. The molecule has 3 N–H and O–H groups in total. The monoisotopic (exact) mass is 162 g/mol. The lowest BCUT2D eigenvalue weighted by atomic mass is 10.2. The Morgan fingerprint density at radius 3 is 3.17 bits per heavy atom. The van der Waals surface area contributed by atoms with E-state index in [2.05, 4.69) is 15.2 Å². The zero-order chi connectivity index (χ0) is 8.55. The predicted molar refractivity (Wildman–Crippen MR) is 46.5 cm³/mol. The van der Waals surface area contributed by atoms with E-state index in [1.165, 1.54) is 0 Å². The third-order valence-electron chi connectivity index (χ3n) is 1.90. The number of aromatic nitrogens is 3. The van der Waals surface area contributed by atoms with E-state index >= 15 is 0 Å². The van der Waals surface area contributed by atoms with Crippen LogP contribution in [-0.2, 0) is 6.54 Å². The van der Waals surface area contributed by atoms with Crippen LogP contribution in [0, 0.1) is 6.92 Å². The summed E-state index contributed by atoms with van der Waals surface area (Å²) < 4.78 is 0. The molecule has 0 aliphatic rings. The van der Waals surface area contributed by atoms with Gasteiger partial charge in [-0.2, -0.15) is 5.10 Å². The molecule has 0 radical (unpaired) electrons. The number of aromatic amines is 1. The molecule has 0 aliphatic heterocycles. The Balaban J connectivity index is 2.71. The van der Waals surface area contributed by atoms with Gasteiger partial charge in [0.05, 0.1) is 5.69 Å². The molecule has 0 amide bonds. The highest BCUT2D eigenvalue weighted by molar-refractivity contribution is 5.77. The number of pyridine rings is 1. The van der Waals surface area contributed by atoms with Crippen molar-refractivity contribution in [1.29, 1.82) is 0 Å². The summed E-state index contributed by atoms with van der Waals surface area (Å²) in [7, 11) is 0. The molecular weight excluding hydrogens is 152 g/mol. The van der Waals surface area contributed by atoms with Crippen LogP contribution in [0.5, 0.6) is 0 Å². The highest BCUT2D eigenvalue weighted by atomic mass is 15.1. The van der Waals surface area contributed by atoms with Crippen molar-refractivity contribution in [2.75, 3.05) is 0 Å². The summed E-state index contributed by atoms with van der Waals surface area (Å²) in [6.07, 6.45) is 1.76. The van der Waals surface area contributed by atoms with Gasteiger partial charge < -0.3 is 5.73 Å². The van der Waals surface area contributed by atoms with Crippen LogP contribution in [-0.4, -0.2) is 15.2 Å². The summed E-state index contributed by atoms with van der Waals surface area (Å²) in [4.78, 5) is 4.17. The number of nitrogens with one attached hydrogen (secondary N) is 1. The summed E-state index contributed by atoms with van der Waals surface area (Å²) in [5.41, 5.74) is 8.31. The van der Waals surface area contributed by atoms with Crippen molar-refractivity contribution in [3.63, 3.8) is 0 Å². The van der Waals surface area contributed by atoms with Crippen molar-refractivity contribution in [3.8, 4) is 0 Å². The molecule has 4 nitrogen and oxygen atoms in total. The third-order valence-corrected chi connectivity index (χ3v) is 1.90. The molecule has 0 unspecified atom stereocenters. The normalized spacial score (nSPS) is 10.8. The Kier molecular flexibility index (Phi) is 1.55. The lowest BCUT2D eigenvalue weighted by Gasteiger charge is -1.94. The van der Waals surface area contributed by atoms with Crippen molar-refractivity contribution in [2.24, 2.45) is 5.73 Å². The summed E-state index contributed by atoms with van der Waals surface area (Å²) >= 11 is 0. The number of fused-ring (bicyclic) bond motifs is 1. The van der Waals surface area contributed by atoms with Gasteiger partial charge in [-0.25, -0.2) is 4.98 Å². The van der Waals surface area contributed by atoms with Gasteiger partial charge in [-0.1, -0.05) is 0 Å². The Hall–Kier alpha value is -1.42. The number of hydrogen-bond donors (Lipinski definition) is 2. The first-order chi connectivity index (χ1) is 5.81. The number of aryl methyl sites for hydroxylation is 1. The topological polar surface area (TPSA) is 67.6 Å². The Bertz CT molecular complexity index is 404. The van der Waals surface area contributed by atoms with Gasteiger partial charge in [-0.15, -0.1) is 0 Å². The third kappa shape index (κ3) is 0.967. The average molecular weight is 162 g/mol. The van der Waals surface area contributed by atoms with Gasteiger partial charge >= 0.3 is 0 Å². The summed E-state index contributed by atoms with van der Waals surface area (Å²) in [6, 6.07) is 2.02. The van der Waals surface area contributed by atoms with Crippen LogP contribution in [0.15, 0.2) is 12.3 Å². The van der Waals surface area contributed by atoms with Crippen LogP contribution < -0.4 is 5.73 Å². The van der Waals surface area contributed by atoms with E-state index < -0.39 is 0 Å². The first-order valence-corrected chi connectivity index (χ1v) is 3.81. The van der Waals surface area contributed by atoms with E-state index in [0.29, 0.717) is 6.54 Å². The number of nitrogens with two attached hydrogens (primary N) is 1. The number of rotatable bonds is 1. The standard InChI is InChI=1S/C8H10N4/c1-5-7-2-6(3-9)4-10-8(7)12-11-5/h2,4H,3,9H2,1H3,(H,10,11,12). The molecule has 0 aliphatic carbocycles. The van der Waals surface area contributed by atoms with Crippen molar-refractivity contribution >= 4 is 11.0 Å². The highest BCUT2D eigenvalue weighted by Crippen LogP contribution is 2.13. The van der Waals surface area contributed by atoms with Gasteiger partial charge in [0.25, 0.3) is 0 Å². The fourth-order valence-electron chi connectivity index (χ4n) is 1.18. The van der Waals surface area contributed by atoms with E-state index in [4.69, 9.17) is 5.73 Å². The minimum absolute atomic E-state index is 0.521. The van der Waals surface area contributed by atoms with Gasteiger partial charge in [0, 0.05) is 18.1 Å². The van der Waals surface area contributed by atoms with Crippen molar-refractivity contribution in [3.05, 3.63) is 23.5 Å². The zero-order valence-corrected chi connectivity index (χ0v) is 6.83. The molecule has 0 saturated carbocycles. The van der Waals surface area contributed by atoms with Gasteiger partial charge in [0.1, 0.15) is 0 Å². The molecule has 2 heterocycles. The van der Waals surface area contributed by atoms with Gasteiger partial charge in [-0.3, -0.25) is 5.10 Å². The minimum atomic E-state index is 0.521. The smallest absolute Gasteiger partial charge is 0.155 e. The summed E-state index contributed by atoms with van der Waals surface area (Å²) in [5.74, 6) is 0. The predicted octanol–water partition coefficient (Wildman–Crippen LogP) is 0.725. The molecule has 0 spiro atoms. The van der Waals surface area contributed by atoms with Gasteiger partial charge in [0.2, 0.25) is 0 Å². The van der Waals surface area contributed by atoms with Crippen LogP contribution in [0.4, 0.5) is 0 Å². The molecule has 62 valence electrons. The highest BCUT2D eigenvalue weighted by Gasteiger charge is 2.01. The second-order valence-corrected chi connectivity index (χ2v) is 2.75. The maximum atomic E-state index is 5.49. The largest absolute Gasteiger partial charge is 0.326 e. The first kappa shape index (κ1) is 7.24. The summed E-state index contributed by atoms with van der Waals surface area (Å²) in [5, 5.41) is 7.93. The molecule has 0 aromatic carbocycles. The number of H-pyrrole nitrogens is 1. The maximum Gasteiger partial charge on any atom is 0.155 e. The molecular formula is C8H10N4. The lowest BCUT2D eigenvalue weighted by molar-refractivity contribution is 1.04. The van der Waals surface area contributed by atoms with Crippen molar-refractivity contribution in [1.82, 2.24) is 15.2 Å². The van der Waals surface area contributed by atoms with E-state index in [0.717, 1.165) is 22.3 Å². The van der Waals surface area contributed by atoms with Crippen LogP contribution in [0.2, 0.25) is 0 Å². The average Bonchev–Trinajstić information content (AvgIpc) is 2.47. The van der Waals surface area contributed by atoms with E-state index in [1.807, 2.05) is 13.0 Å². The molecule has 0 fully saturated rings. The lowest BCUT2D eigenvalue weighted by Crippen LogP contribution is -1.96. The number of nitrogens with zero attached hydrogens (tertiary/aromatic N) is 2. The molecule has 0 saturated heterocycles. The fraction of sp³-hybridized carbons (Fsp3) is 0.250. The van der Waals surface area contributed by atoms with Gasteiger partial charge in [-0.05, 0) is 18.6 Å². The quantitative estimate of drug-likeness (QED) is 0.649. The number of hydrogen-bond acceptors (Lipinski definition) is 3. The molecule has 2 aromatic heterocycles. The Morgan fingerprint density at radius 2 is 2.42 bits per heavy atom. The van der Waals surface area contributed by atoms with Crippen LogP contribution in [0.3, 0.4) is 0 Å². The van der Waals surface area contributed by atoms with Crippen molar-refractivity contribution in [2.45, 2.75) is 13.5 Å².